The highest BCUT2D eigenvalue weighted by molar-refractivity contribution is 7.91. The van der Waals surface area contributed by atoms with Crippen LogP contribution in [0.1, 0.15) is 12.0 Å². The van der Waals surface area contributed by atoms with Gasteiger partial charge in [-0.3, -0.25) is 4.90 Å². The van der Waals surface area contributed by atoms with E-state index in [1.54, 1.807) is 4.90 Å². The second-order valence-corrected chi connectivity index (χ2v) is 7.22. The summed E-state index contributed by atoms with van der Waals surface area (Å²) in [6.07, 6.45) is 0.458. The molecule has 1 aliphatic heterocycles. The molecule has 1 fully saturated rings. The van der Waals surface area contributed by atoms with E-state index in [-0.39, 0.29) is 42.8 Å². The summed E-state index contributed by atoms with van der Waals surface area (Å²) >= 11 is 0. The predicted molar refractivity (Wildman–Crippen MR) is 70.9 cm³/mol. The molecule has 20 heavy (non-hydrogen) atoms. The molecule has 1 heterocycles. The molecule has 1 atom stereocenters. The van der Waals surface area contributed by atoms with Gasteiger partial charge in [-0.25, -0.2) is 17.2 Å². The first-order chi connectivity index (χ1) is 9.41. The van der Waals surface area contributed by atoms with E-state index in [1.165, 1.54) is 0 Å². The summed E-state index contributed by atoms with van der Waals surface area (Å²) in [5.41, 5.74) is 0.169. The first kappa shape index (κ1) is 15.3. The van der Waals surface area contributed by atoms with Crippen LogP contribution in [0.5, 0.6) is 0 Å². The monoisotopic (exact) mass is 305 g/mol. The van der Waals surface area contributed by atoms with Crippen LogP contribution < -0.4 is 0 Å². The van der Waals surface area contributed by atoms with E-state index in [2.05, 4.69) is 0 Å². The minimum Gasteiger partial charge on any atom is -0.395 e. The molecule has 2 rings (SSSR count). The van der Waals surface area contributed by atoms with Crippen LogP contribution in [-0.2, 0) is 16.4 Å². The molecule has 0 saturated carbocycles. The lowest BCUT2D eigenvalue weighted by Crippen LogP contribution is -2.38. The summed E-state index contributed by atoms with van der Waals surface area (Å²) in [7, 11) is -3.06. The second kappa shape index (κ2) is 6.15. The number of benzene rings is 1. The molecule has 0 amide bonds. The Morgan fingerprint density at radius 2 is 2.10 bits per heavy atom. The van der Waals surface area contributed by atoms with Crippen molar-refractivity contribution < 1.29 is 22.3 Å². The van der Waals surface area contributed by atoms with Crippen molar-refractivity contribution in [3.05, 3.63) is 35.4 Å². The number of aliphatic hydroxyl groups excluding tert-OH is 1. The van der Waals surface area contributed by atoms with E-state index in [4.69, 9.17) is 5.11 Å². The fourth-order valence-corrected chi connectivity index (χ4v) is 4.23. The lowest BCUT2D eigenvalue weighted by Gasteiger charge is -2.27. The van der Waals surface area contributed by atoms with E-state index in [0.717, 1.165) is 18.2 Å². The summed E-state index contributed by atoms with van der Waals surface area (Å²) in [4.78, 5) is 1.70. The summed E-state index contributed by atoms with van der Waals surface area (Å²) in [5.74, 6) is -0.964. The molecule has 0 aromatic heterocycles. The summed E-state index contributed by atoms with van der Waals surface area (Å²) in [5, 5.41) is 9.07. The lowest BCUT2D eigenvalue weighted by atomic mass is 10.1. The molecule has 0 bridgehead atoms. The van der Waals surface area contributed by atoms with Crippen molar-refractivity contribution in [2.24, 2.45) is 0 Å². The molecule has 0 radical (unpaired) electrons. The van der Waals surface area contributed by atoms with Gasteiger partial charge in [0, 0.05) is 24.7 Å². The van der Waals surface area contributed by atoms with Crippen molar-refractivity contribution in [2.75, 3.05) is 24.7 Å². The Bertz CT molecular complexity index is 577. The maximum Gasteiger partial charge on any atom is 0.151 e. The van der Waals surface area contributed by atoms with Crippen LogP contribution in [0.2, 0.25) is 0 Å². The first-order valence-corrected chi connectivity index (χ1v) is 8.22. The number of nitrogens with zero attached hydrogens (tertiary/aromatic N) is 1. The van der Waals surface area contributed by atoms with Crippen molar-refractivity contribution in [1.82, 2.24) is 4.90 Å². The van der Waals surface area contributed by atoms with Crippen LogP contribution in [0.15, 0.2) is 18.2 Å². The zero-order chi connectivity index (χ0) is 14.8. The van der Waals surface area contributed by atoms with Gasteiger partial charge in [-0.1, -0.05) is 0 Å². The van der Waals surface area contributed by atoms with E-state index < -0.39 is 21.5 Å². The Hall–Kier alpha value is -1.05. The quantitative estimate of drug-likeness (QED) is 0.880. The number of rotatable bonds is 5. The molecule has 1 unspecified atom stereocenters. The van der Waals surface area contributed by atoms with E-state index in [1.807, 2.05) is 0 Å². The highest BCUT2D eigenvalue weighted by Gasteiger charge is 2.32. The van der Waals surface area contributed by atoms with Crippen LogP contribution in [0.25, 0.3) is 0 Å². The normalized spacial score (nSPS) is 21.5. The Balaban J connectivity index is 2.15. The maximum atomic E-state index is 13.6. The zero-order valence-corrected chi connectivity index (χ0v) is 11.7. The third-order valence-electron chi connectivity index (χ3n) is 3.49. The topological polar surface area (TPSA) is 57.6 Å². The molecule has 1 aromatic carbocycles. The number of sulfone groups is 1. The van der Waals surface area contributed by atoms with Crippen molar-refractivity contribution >= 4 is 9.84 Å². The molecule has 1 N–H and O–H groups in total. The largest absolute Gasteiger partial charge is 0.395 e. The molecule has 7 heteroatoms. The fourth-order valence-electron chi connectivity index (χ4n) is 2.47. The fraction of sp³-hybridized carbons (Fsp3) is 0.538. The smallest absolute Gasteiger partial charge is 0.151 e. The van der Waals surface area contributed by atoms with Gasteiger partial charge in [-0.2, -0.15) is 0 Å². The third-order valence-corrected chi connectivity index (χ3v) is 5.24. The molecule has 1 saturated heterocycles. The molecule has 1 aliphatic rings. The highest BCUT2D eigenvalue weighted by atomic mass is 32.2. The number of hydrogen-bond donors (Lipinski definition) is 1. The van der Waals surface area contributed by atoms with Gasteiger partial charge in [-0.15, -0.1) is 0 Å². The summed E-state index contributed by atoms with van der Waals surface area (Å²) < 4.78 is 49.8. The highest BCUT2D eigenvalue weighted by Crippen LogP contribution is 2.21. The van der Waals surface area contributed by atoms with Gasteiger partial charge in [0.1, 0.15) is 11.6 Å². The minimum atomic E-state index is -3.06. The van der Waals surface area contributed by atoms with Crippen LogP contribution in [-0.4, -0.2) is 49.1 Å². The molecular weight excluding hydrogens is 288 g/mol. The first-order valence-electron chi connectivity index (χ1n) is 6.40. The zero-order valence-electron chi connectivity index (χ0n) is 10.9. The van der Waals surface area contributed by atoms with E-state index in [0.29, 0.717) is 6.42 Å². The third kappa shape index (κ3) is 3.74. The Labute approximate surface area is 116 Å². The van der Waals surface area contributed by atoms with Crippen molar-refractivity contribution in [3.63, 3.8) is 0 Å². The predicted octanol–water partition coefficient (Wildman–Crippen LogP) is 0.946. The van der Waals surface area contributed by atoms with Gasteiger partial charge in [0.2, 0.25) is 0 Å². The number of hydrogen-bond acceptors (Lipinski definition) is 4. The summed E-state index contributed by atoms with van der Waals surface area (Å²) in [6, 6.07) is 2.93. The van der Waals surface area contributed by atoms with Crippen LogP contribution in [0.3, 0.4) is 0 Å². The van der Waals surface area contributed by atoms with Gasteiger partial charge in [0.05, 0.1) is 18.1 Å². The van der Waals surface area contributed by atoms with Crippen molar-refractivity contribution in [3.8, 4) is 0 Å². The average Bonchev–Trinajstić information content (AvgIpc) is 2.73. The van der Waals surface area contributed by atoms with E-state index >= 15 is 0 Å². The Kier molecular flexibility index (Phi) is 4.72. The van der Waals surface area contributed by atoms with Crippen LogP contribution in [0, 0.1) is 11.6 Å². The van der Waals surface area contributed by atoms with Gasteiger partial charge in [0.25, 0.3) is 0 Å². The standard InChI is InChI=1S/C13H17F2NO3S/c14-11-1-2-13(15)10(7-11)8-16(4-5-17)12-3-6-20(18,19)9-12/h1-2,7,12,17H,3-6,8-9H2. The van der Waals surface area contributed by atoms with Gasteiger partial charge in [0.15, 0.2) is 9.84 Å². The Morgan fingerprint density at radius 1 is 1.35 bits per heavy atom. The lowest BCUT2D eigenvalue weighted by molar-refractivity contribution is 0.152. The van der Waals surface area contributed by atoms with Crippen LogP contribution in [0.4, 0.5) is 8.78 Å². The SMILES string of the molecule is O=S1(=O)CCC(N(CCO)Cc2cc(F)ccc2F)C1. The second-order valence-electron chi connectivity index (χ2n) is 4.99. The van der Waals surface area contributed by atoms with Gasteiger partial charge >= 0.3 is 0 Å². The molecule has 4 nitrogen and oxygen atoms in total. The summed E-state index contributed by atoms with van der Waals surface area (Å²) in [6.45, 7) is 0.161. The van der Waals surface area contributed by atoms with Crippen LogP contribution >= 0.6 is 0 Å². The molecule has 112 valence electrons. The van der Waals surface area contributed by atoms with E-state index in [9.17, 15) is 17.2 Å². The molecular formula is C13H17F2NO3S. The maximum absolute atomic E-state index is 13.6. The van der Waals surface area contributed by atoms with Crippen molar-refractivity contribution in [1.29, 1.82) is 0 Å². The van der Waals surface area contributed by atoms with Gasteiger partial charge in [-0.05, 0) is 24.6 Å². The molecule has 1 aromatic rings. The Morgan fingerprint density at radius 3 is 2.70 bits per heavy atom. The molecule has 0 spiro atoms. The molecule has 0 aliphatic carbocycles. The van der Waals surface area contributed by atoms with Crippen molar-refractivity contribution in [2.45, 2.75) is 19.0 Å². The van der Waals surface area contributed by atoms with Gasteiger partial charge < -0.3 is 5.11 Å². The number of halogens is 2. The number of aliphatic hydroxyl groups is 1. The average molecular weight is 305 g/mol. The minimum absolute atomic E-state index is 0.00390.